The number of H-pyrrole nitrogens is 1. The number of piperidine rings is 2. The number of nitrogens with zero attached hydrogens (tertiary/aromatic N) is 4. The maximum atomic E-state index is 12.9. The number of hydrogen-bond acceptors (Lipinski definition) is 5. The first-order valence-electron chi connectivity index (χ1n) is 13.9. The van der Waals surface area contributed by atoms with Gasteiger partial charge in [-0.2, -0.15) is 0 Å². The summed E-state index contributed by atoms with van der Waals surface area (Å²) in [6.07, 6.45) is 9.00. The van der Waals surface area contributed by atoms with Gasteiger partial charge in [0, 0.05) is 37.1 Å². The Kier molecular flexibility index (Phi) is 13.3. The van der Waals surface area contributed by atoms with Gasteiger partial charge in [0.05, 0.1) is 0 Å². The third kappa shape index (κ3) is 8.48. The van der Waals surface area contributed by atoms with Crippen molar-refractivity contribution in [1.82, 2.24) is 19.8 Å². The predicted octanol–water partition coefficient (Wildman–Crippen LogP) is 2.34. The Morgan fingerprint density at radius 1 is 1.00 bits per heavy atom. The molecule has 0 aliphatic carbocycles. The molecule has 2 aromatic heterocycles. The van der Waals surface area contributed by atoms with Gasteiger partial charge in [-0.3, -0.25) is 20.1 Å². The molecule has 2 aliphatic heterocycles. The molecular weight excluding hydrogens is 527 g/mol. The topological polar surface area (TPSA) is 128 Å². The van der Waals surface area contributed by atoms with Crippen molar-refractivity contribution in [3.63, 3.8) is 0 Å². The number of likely N-dealkylation sites (tertiary alicyclic amines) is 2. The molecule has 3 aromatic rings. The third-order valence-electron chi connectivity index (χ3n) is 7.31. The number of amides is 1. The number of nitrogens with one attached hydrogen (secondary N) is 3. The van der Waals surface area contributed by atoms with Gasteiger partial charge in [0.25, 0.3) is 5.91 Å². The molecule has 1 amide bonds. The minimum absolute atomic E-state index is 0. The molecule has 2 aliphatic rings. The van der Waals surface area contributed by atoms with Gasteiger partial charge in [0.1, 0.15) is 11.5 Å². The largest absolute Gasteiger partial charge is 1.00 e. The summed E-state index contributed by atoms with van der Waals surface area (Å²) in [5.41, 5.74) is 9.47. The number of pyridine rings is 1. The summed E-state index contributed by atoms with van der Waals surface area (Å²) in [6.45, 7) is 4.94. The van der Waals surface area contributed by atoms with Gasteiger partial charge < -0.3 is 26.3 Å². The number of hydrogen-bond donors (Lipinski definition) is 4. The molecule has 40 heavy (non-hydrogen) atoms. The fourth-order valence-electron chi connectivity index (χ4n) is 5.24. The van der Waals surface area contributed by atoms with Gasteiger partial charge in [0.15, 0.2) is 0 Å². The number of aromatic nitrogens is 2. The van der Waals surface area contributed by atoms with Crippen molar-refractivity contribution in [1.29, 1.82) is 5.41 Å². The first-order chi connectivity index (χ1) is 19.1. The average molecular weight is 569 g/mol. The van der Waals surface area contributed by atoms with Crippen molar-refractivity contribution in [3.05, 3.63) is 70.8 Å². The van der Waals surface area contributed by atoms with E-state index in [0.29, 0.717) is 17.2 Å². The number of benzene rings is 1. The first-order valence-corrected chi connectivity index (χ1v) is 13.9. The van der Waals surface area contributed by atoms with E-state index in [1.165, 1.54) is 32.7 Å². The van der Waals surface area contributed by atoms with Crippen molar-refractivity contribution >= 4 is 23.2 Å². The Labute approximate surface area is 280 Å². The Hall–Kier alpha value is -2.05. The van der Waals surface area contributed by atoms with Crippen molar-refractivity contribution in [2.45, 2.75) is 45.1 Å². The third-order valence-corrected chi connectivity index (χ3v) is 7.31. The second kappa shape index (κ2) is 16.4. The minimum atomic E-state index is -0.211. The molecular formula is C30H41KN8O. The van der Waals surface area contributed by atoms with Gasteiger partial charge in [-0.05, 0) is 99.4 Å². The number of aromatic amines is 1. The van der Waals surface area contributed by atoms with Crippen LogP contribution in [0.5, 0.6) is 0 Å². The van der Waals surface area contributed by atoms with Crippen LogP contribution in [-0.4, -0.2) is 71.8 Å². The summed E-state index contributed by atoms with van der Waals surface area (Å²) in [4.78, 5) is 25.1. The smallest absolute Gasteiger partial charge is 0.468 e. The first kappa shape index (κ1) is 32.5. The number of anilines is 1. The van der Waals surface area contributed by atoms with Crippen LogP contribution < -0.4 is 62.4 Å². The van der Waals surface area contributed by atoms with Crippen LogP contribution in [0, 0.1) is 5.41 Å². The van der Waals surface area contributed by atoms with E-state index in [1.807, 2.05) is 42.5 Å². The molecule has 5 N–H and O–H groups in total. The van der Waals surface area contributed by atoms with Crippen LogP contribution in [0.2, 0.25) is 0 Å². The van der Waals surface area contributed by atoms with Gasteiger partial charge in [-0.25, -0.2) is 0 Å². The molecule has 5 rings (SSSR count). The summed E-state index contributed by atoms with van der Waals surface area (Å²) in [7, 11) is 3.25. The molecule has 208 valence electrons. The summed E-state index contributed by atoms with van der Waals surface area (Å²) >= 11 is 0. The van der Waals surface area contributed by atoms with Gasteiger partial charge in [-0.1, -0.05) is 31.4 Å². The second-order valence-electron chi connectivity index (χ2n) is 9.98. The number of carbonyl (C=O) groups is 1. The Balaban J connectivity index is 0.00000144. The molecule has 0 unspecified atom stereocenters. The molecule has 2 fully saturated rings. The molecule has 0 radical (unpaired) electrons. The van der Waals surface area contributed by atoms with Gasteiger partial charge in [0.2, 0.25) is 0 Å². The maximum Gasteiger partial charge on any atom is 1.00 e. The van der Waals surface area contributed by atoms with Crippen molar-refractivity contribution in [2.75, 3.05) is 45.6 Å². The van der Waals surface area contributed by atoms with Crippen LogP contribution in [0.3, 0.4) is 0 Å². The molecule has 9 nitrogen and oxygen atoms in total. The van der Waals surface area contributed by atoms with Crippen molar-refractivity contribution in [2.24, 2.45) is 5.73 Å². The van der Waals surface area contributed by atoms with Crippen LogP contribution in [0.1, 0.15) is 60.1 Å². The summed E-state index contributed by atoms with van der Waals surface area (Å²) in [5.74, 6) is 1.04. The molecule has 4 heterocycles. The molecule has 0 atom stereocenters. The molecule has 0 spiro atoms. The van der Waals surface area contributed by atoms with Crippen LogP contribution in [0.4, 0.5) is 11.5 Å². The van der Waals surface area contributed by atoms with E-state index in [4.69, 9.17) is 5.41 Å². The normalized spacial score (nSPS) is 15.3. The SMILES string of the molecule is CN.C[N-]c1[nH]c(-c2ccc(NC(=O)c3cc(CN4CCCCC4)ccn3)cc2)cc1C(=N)N1CCCCC1.[K+]. The van der Waals surface area contributed by atoms with Crippen LogP contribution >= 0.6 is 0 Å². The quantitative estimate of drug-likeness (QED) is 0.198. The van der Waals surface area contributed by atoms with E-state index in [1.54, 1.807) is 13.2 Å². The van der Waals surface area contributed by atoms with Crippen molar-refractivity contribution < 1.29 is 56.2 Å². The van der Waals surface area contributed by atoms with E-state index in [0.717, 1.165) is 73.8 Å². The maximum absolute atomic E-state index is 12.9. The fourth-order valence-corrected chi connectivity index (χ4v) is 5.24. The zero-order valence-electron chi connectivity index (χ0n) is 24.2. The number of rotatable bonds is 7. The zero-order valence-corrected chi connectivity index (χ0v) is 27.3. The van der Waals surface area contributed by atoms with Crippen LogP contribution in [-0.2, 0) is 6.54 Å². The predicted molar refractivity (Wildman–Crippen MR) is 159 cm³/mol. The molecule has 0 bridgehead atoms. The Bertz CT molecular complexity index is 1230. The summed E-state index contributed by atoms with van der Waals surface area (Å²) < 4.78 is 0. The molecule has 0 saturated carbocycles. The standard InChI is InChI=1S/C29H37N7O.CH5N.K/c1-31-28-24(27(30)36-16-6-3-7-17-36)19-25(34-28)22-8-10-23(11-9-22)33-29(37)26-18-21(12-13-32-26)20-35-14-4-2-5-15-35;1-2;/h8-13,18-19H,2-7,14-17,20H2,1H3,(H4,30,31,32,33,34,37);2H2,1H3;/q;;+1/p-1. The number of nitrogens with two attached hydrogens (primary N) is 1. The second-order valence-corrected chi connectivity index (χ2v) is 9.98. The molecule has 1 aromatic carbocycles. The zero-order chi connectivity index (χ0) is 27.6. The monoisotopic (exact) mass is 568 g/mol. The van der Waals surface area contributed by atoms with E-state index in [2.05, 4.69) is 36.1 Å². The van der Waals surface area contributed by atoms with Crippen LogP contribution in [0.15, 0.2) is 48.7 Å². The Morgan fingerprint density at radius 2 is 1.65 bits per heavy atom. The van der Waals surface area contributed by atoms with Gasteiger partial charge in [-0.15, -0.1) is 0 Å². The van der Waals surface area contributed by atoms with Crippen molar-refractivity contribution in [3.8, 4) is 11.3 Å². The molecule has 10 heteroatoms. The van der Waals surface area contributed by atoms with E-state index < -0.39 is 0 Å². The number of amidine groups is 1. The number of carbonyl (C=O) groups excluding carboxylic acids is 1. The van der Waals surface area contributed by atoms with E-state index in [-0.39, 0.29) is 57.3 Å². The van der Waals surface area contributed by atoms with Gasteiger partial charge >= 0.3 is 51.4 Å². The molecule has 2 saturated heterocycles. The van der Waals surface area contributed by atoms with Crippen LogP contribution in [0.25, 0.3) is 16.6 Å². The summed E-state index contributed by atoms with van der Waals surface area (Å²) in [5, 5.41) is 16.1. The van der Waals surface area contributed by atoms with E-state index in [9.17, 15) is 4.79 Å². The fraction of sp³-hybridized carbons (Fsp3) is 0.433. The summed E-state index contributed by atoms with van der Waals surface area (Å²) in [6, 6.07) is 13.6. The Morgan fingerprint density at radius 3 is 2.30 bits per heavy atom. The average Bonchev–Trinajstić information content (AvgIpc) is 3.44. The minimum Gasteiger partial charge on any atom is -0.468 e. The van der Waals surface area contributed by atoms with E-state index >= 15 is 0 Å².